The van der Waals surface area contributed by atoms with Crippen LogP contribution >= 0.6 is 0 Å². The second-order valence-corrected chi connectivity index (χ2v) is 8.67. The number of fused-ring (bicyclic) bond motifs is 1. The number of carbonyl (C=O) groups excluding carboxylic acids is 2. The van der Waals surface area contributed by atoms with Crippen LogP contribution in [0.15, 0.2) is 24.3 Å². The number of anilines is 2. The number of carbonyl (C=O) groups is 2. The number of amides is 2. The Morgan fingerprint density at radius 2 is 2.06 bits per heavy atom. The zero-order chi connectivity index (χ0) is 22.8. The Morgan fingerprint density at radius 1 is 1.25 bits per heavy atom. The minimum absolute atomic E-state index is 0.0429. The highest BCUT2D eigenvalue weighted by atomic mass is 19.1. The Balaban J connectivity index is 1.51. The predicted octanol–water partition coefficient (Wildman–Crippen LogP) is 3.41. The van der Waals surface area contributed by atoms with E-state index in [0.717, 1.165) is 36.2 Å². The average Bonchev–Trinajstić information content (AvgIpc) is 2.79. The molecule has 1 aromatic heterocycles. The number of hydrogen-bond donors (Lipinski definition) is 0. The first-order valence-electron chi connectivity index (χ1n) is 11.3. The fraction of sp³-hybridized carbons (Fsp3) is 0.500. The van der Waals surface area contributed by atoms with Gasteiger partial charge in [0.05, 0.1) is 6.04 Å². The molecule has 2 amide bonds. The molecule has 3 heterocycles. The quantitative estimate of drug-likeness (QED) is 0.714. The van der Waals surface area contributed by atoms with Gasteiger partial charge in [0, 0.05) is 57.0 Å². The predicted molar refractivity (Wildman–Crippen MR) is 121 cm³/mol. The maximum Gasteiger partial charge on any atom is 0.228 e. The molecule has 0 saturated carbocycles. The van der Waals surface area contributed by atoms with Gasteiger partial charge in [-0.2, -0.15) is 0 Å². The van der Waals surface area contributed by atoms with Gasteiger partial charge in [-0.15, -0.1) is 0 Å². The van der Waals surface area contributed by atoms with Crippen LogP contribution in [-0.2, 0) is 16.0 Å². The fourth-order valence-electron chi connectivity index (χ4n) is 4.59. The van der Waals surface area contributed by atoms with Crippen LogP contribution < -0.4 is 9.80 Å². The van der Waals surface area contributed by atoms with Crippen molar-refractivity contribution in [2.24, 2.45) is 0 Å². The number of piperidine rings is 1. The van der Waals surface area contributed by atoms with Crippen molar-refractivity contribution in [3.63, 3.8) is 0 Å². The molecule has 0 spiro atoms. The van der Waals surface area contributed by atoms with Crippen molar-refractivity contribution >= 4 is 23.3 Å². The molecule has 32 heavy (non-hydrogen) atoms. The van der Waals surface area contributed by atoms with Crippen molar-refractivity contribution < 1.29 is 14.0 Å². The van der Waals surface area contributed by atoms with E-state index in [9.17, 15) is 14.0 Å². The summed E-state index contributed by atoms with van der Waals surface area (Å²) >= 11 is 0. The molecule has 0 bridgehead atoms. The molecule has 0 N–H and O–H groups in total. The fourth-order valence-corrected chi connectivity index (χ4v) is 4.59. The molecule has 2 aliphatic heterocycles. The summed E-state index contributed by atoms with van der Waals surface area (Å²) in [5, 5.41) is 0. The highest BCUT2D eigenvalue weighted by molar-refractivity contribution is 5.94. The minimum Gasteiger partial charge on any atom is -0.374 e. The number of nitrogens with zero attached hydrogens (tertiary/aromatic N) is 5. The summed E-state index contributed by atoms with van der Waals surface area (Å²) in [5.74, 6) is 1.10. The van der Waals surface area contributed by atoms with Crippen LogP contribution in [0, 0.1) is 12.7 Å². The molecule has 2 aliphatic rings. The monoisotopic (exact) mass is 439 g/mol. The maximum absolute atomic E-state index is 13.5. The average molecular weight is 440 g/mol. The summed E-state index contributed by atoms with van der Waals surface area (Å²) < 4.78 is 13.5. The van der Waals surface area contributed by atoms with E-state index in [-0.39, 0.29) is 23.7 Å². The lowest BCUT2D eigenvalue weighted by molar-refractivity contribution is -0.135. The third-order valence-corrected chi connectivity index (χ3v) is 6.52. The van der Waals surface area contributed by atoms with E-state index in [2.05, 4.69) is 0 Å². The van der Waals surface area contributed by atoms with Crippen LogP contribution in [0.25, 0.3) is 0 Å². The second kappa shape index (κ2) is 9.22. The van der Waals surface area contributed by atoms with E-state index in [1.807, 2.05) is 29.8 Å². The standard InChI is InChI=1S/C24H30FN5O2/c1-16-19-10-11-21(31)29(3)24(19)27-23(26-16)20-9-4-5-13-30(20)22(32)12-14-28(2)18-8-6-7-17(25)15-18/h6-8,15,20H,4-5,9-14H2,1-3H3/t20-/m0/s1. The van der Waals surface area contributed by atoms with Crippen LogP contribution in [0.2, 0.25) is 0 Å². The molecular weight excluding hydrogens is 409 g/mol. The summed E-state index contributed by atoms with van der Waals surface area (Å²) in [6.07, 6.45) is 4.22. The summed E-state index contributed by atoms with van der Waals surface area (Å²) in [6.45, 7) is 3.12. The van der Waals surface area contributed by atoms with Crippen LogP contribution in [0.1, 0.15) is 55.2 Å². The first-order valence-corrected chi connectivity index (χ1v) is 11.3. The van der Waals surface area contributed by atoms with Gasteiger partial charge >= 0.3 is 0 Å². The normalized spacial score (nSPS) is 18.5. The number of rotatable bonds is 5. The molecule has 8 heteroatoms. The van der Waals surface area contributed by atoms with Crippen molar-refractivity contribution in [3.05, 3.63) is 47.2 Å². The van der Waals surface area contributed by atoms with Crippen LogP contribution in [-0.4, -0.2) is 53.9 Å². The zero-order valence-electron chi connectivity index (χ0n) is 19.0. The lowest BCUT2D eigenvalue weighted by Gasteiger charge is -2.36. The summed E-state index contributed by atoms with van der Waals surface area (Å²) in [4.78, 5) is 40.3. The number of hydrogen-bond acceptors (Lipinski definition) is 5. The lowest BCUT2D eigenvalue weighted by Crippen LogP contribution is -2.41. The van der Waals surface area contributed by atoms with Gasteiger partial charge in [0.2, 0.25) is 11.8 Å². The van der Waals surface area contributed by atoms with Crippen LogP contribution in [0.5, 0.6) is 0 Å². The number of aromatic nitrogens is 2. The van der Waals surface area contributed by atoms with Gasteiger partial charge in [0.15, 0.2) is 5.82 Å². The summed E-state index contributed by atoms with van der Waals surface area (Å²) in [5.41, 5.74) is 2.64. The van der Waals surface area contributed by atoms with E-state index in [4.69, 9.17) is 9.97 Å². The number of benzene rings is 1. The molecule has 1 aromatic carbocycles. The first kappa shape index (κ1) is 22.2. The van der Waals surface area contributed by atoms with E-state index in [0.29, 0.717) is 44.0 Å². The third kappa shape index (κ3) is 4.45. The van der Waals surface area contributed by atoms with Crippen molar-refractivity contribution in [1.29, 1.82) is 0 Å². The third-order valence-electron chi connectivity index (χ3n) is 6.52. The van der Waals surface area contributed by atoms with Gasteiger partial charge in [-0.3, -0.25) is 14.5 Å². The molecule has 1 saturated heterocycles. The molecule has 1 fully saturated rings. The van der Waals surface area contributed by atoms with E-state index < -0.39 is 0 Å². The molecule has 0 unspecified atom stereocenters. The topological polar surface area (TPSA) is 69.6 Å². The molecule has 4 rings (SSSR count). The molecule has 0 radical (unpaired) electrons. The Hall–Kier alpha value is -3.03. The van der Waals surface area contributed by atoms with Crippen molar-refractivity contribution in [2.75, 3.05) is 37.0 Å². The Morgan fingerprint density at radius 3 is 2.84 bits per heavy atom. The van der Waals surface area contributed by atoms with Crippen molar-refractivity contribution in [2.45, 2.75) is 51.5 Å². The SMILES string of the molecule is Cc1nc([C@@H]2CCCCN2C(=O)CCN(C)c2cccc(F)c2)nc2c1CCC(=O)N2C. The molecule has 1 atom stereocenters. The molecule has 2 aromatic rings. The molecular formula is C24H30FN5O2. The zero-order valence-corrected chi connectivity index (χ0v) is 19.0. The molecule has 0 aliphatic carbocycles. The van der Waals surface area contributed by atoms with Gasteiger partial charge < -0.3 is 9.80 Å². The Kier molecular flexibility index (Phi) is 6.39. The van der Waals surface area contributed by atoms with Gasteiger partial charge in [0.25, 0.3) is 0 Å². The van der Waals surface area contributed by atoms with Crippen LogP contribution in [0.4, 0.5) is 15.9 Å². The highest BCUT2D eigenvalue weighted by Gasteiger charge is 2.32. The molecule has 7 nitrogen and oxygen atoms in total. The van der Waals surface area contributed by atoms with Gasteiger partial charge in [0.1, 0.15) is 11.6 Å². The Labute approximate surface area is 188 Å². The maximum atomic E-state index is 13.5. The number of halogens is 1. The smallest absolute Gasteiger partial charge is 0.228 e. The summed E-state index contributed by atoms with van der Waals surface area (Å²) in [7, 11) is 3.61. The highest BCUT2D eigenvalue weighted by Crippen LogP contribution is 2.33. The largest absolute Gasteiger partial charge is 0.374 e. The van der Waals surface area contributed by atoms with Crippen molar-refractivity contribution in [1.82, 2.24) is 14.9 Å². The number of likely N-dealkylation sites (tertiary alicyclic amines) is 1. The van der Waals surface area contributed by atoms with Crippen molar-refractivity contribution in [3.8, 4) is 0 Å². The van der Waals surface area contributed by atoms with Gasteiger partial charge in [-0.25, -0.2) is 14.4 Å². The summed E-state index contributed by atoms with van der Waals surface area (Å²) in [6, 6.07) is 6.19. The first-order chi connectivity index (χ1) is 15.3. The van der Waals surface area contributed by atoms with Crippen LogP contribution in [0.3, 0.4) is 0 Å². The lowest BCUT2D eigenvalue weighted by atomic mass is 9.99. The van der Waals surface area contributed by atoms with Gasteiger partial charge in [-0.1, -0.05) is 6.07 Å². The second-order valence-electron chi connectivity index (χ2n) is 8.67. The van der Waals surface area contributed by atoms with Gasteiger partial charge in [-0.05, 0) is 50.8 Å². The minimum atomic E-state index is -0.292. The number of aryl methyl sites for hydroxylation is 1. The van der Waals surface area contributed by atoms with E-state index in [1.165, 1.54) is 12.1 Å². The molecule has 170 valence electrons. The Bertz CT molecular complexity index is 1030. The van der Waals surface area contributed by atoms with E-state index >= 15 is 0 Å². The van der Waals surface area contributed by atoms with E-state index in [1.54, 1.807) is 18.0 Å².